The molecule has 1 atom stereocenters. The number of amides is 1. The molecule has 0 fully saturated rings. The van der Waals surface area contributed by atoms with Gasteiger partial charge in [-0.2, -0.15) is 5.10 Å². The number of carboxylic acids is 1. The van der Waals surface area contributed by atoms with Crippen LogP contribution >= 0.6 is 0 Å². The molecule has 162 valence electrons. The Morgan fingerprint density at radius 2 is 1.74 bits per heavy atom. The summed E-state index contributed by atoms with van der Waals surface area (Å²) in [4.78, 5) is 23.9. The third-order valence-electron chi connectivity index (χ3n) is 4.70. The van der Waals surface area contributed by atoms with Crippen LogP contribution in [0.25, 0.3) is 11.3 Å². The van der Waals surface area contributed by atoms with Crippen molar-refractivity contribution in [3.8, 4) is 11.3 Å². The highest BCUT2D eigenvalue weighted by Crippen LogP contribution is 2.33. The Kier molecular flexibility index (Phi) is 6.09. The van der Waals surface area contributed by atoms with Crippen molar-refractivity contribution < 1.29 is 32.3 Å². The first-order valence-corrected chi connectivity index (χ1v) is 9.04. The molecule has 0 aliphatic rings. The van der Waals surface area contributed by atoms with Crippen LogP contribution in [0, 0.1) is 11.6 Å². The van der Waals surface area contributed by atoms with Gasteiger partial charge < -0.3 is 10.4 Å². The molecule has 6 nitrogen and oxygen atoms in total. The molecule has 31 heavy (non-hydrogen) atoms. The molecule has 0 bridgehead atoms. The van der Waals surface area contributed by atoms with E-state index in [0.717, 1.165) is 16.8 Å². The quantitative estimate of drug-likeness (QED) is 0.559. The number of nitrogens with one attached hydrogen (secondary N) is 1. The molecule has 0 aliphatic carbocycles. The van der Waals surface area contributed by atoms with E-state index in [1.165, 1.54) is 31.3 Å². The zero-order valence-corrected chi connectivity index (χ0v) is 16.4. The van der Waals surface area contributed by atoms with Gasteiger partial charge in [-0.05, 0) is 36.8 Å². The van der Waals surface area contributed by atoms with Gasteiger partial charge in [0.15, 0.2) is 0 Å². The van der Waals surface area contributed by atoms with Crippen LogP contribution in [0.15, 0.2) is 42.5 Å². The van der Waals surface area contributed by atoms with Gasteiger partial charge in [0, 0.05) is 18.7 Å². The van der Waals surface area contributed by atoms with E-state index in [4.69, 9.17) is 5.11 Å². The lowest BCUT2D eigenvalue weighted by Gasteiger charge is -2.16. The Balaban J connectivity index is 2.00. The highest BCUT2D eigenvalue weighted by Gasteiger charge is 2.30. The molecule has 1 amide bonds. The average Bonchev–Trinajstić information content (AvgIpc) is 3.05. The first kappa shape index (κ1) is 22.0. The molecule has 0 spiro atoms. The molecule has 0 aliphatic heterocycles. The Hall–Kier alpha value is -3.69. The first-order chi connectivity index (χ1) is 14.6. The number of carbonyl (C=O) groups is 2. The van der Waals surface area contributed by atoms with Gasteiger partial charge in [-0.25, -0.2) is 22.4 Å². The molecule has 0 radical (unpaired) electrons. The van der Waals surface area contributed by atoms with Gasteiger partial charge in [0.25, 0.3) is 12.3 Å². The Bertz CT molecular complexity index is 1140. The number of aryl methyl sites for hydroxylation is 1. The number of halogens is 4. The van der Waals surface area contributed by atoms with Gasteiger partial charge in [-0.15, -0.1) is 0 Å². The van der Waals surface area contributed by atoms with Crippen LogP contribution in [-0.4, -0.2) is 26.8 Å². The molecule has 1 aromatic heterocycles. The molecule has 3 rings (SSSR count). The van der Waals surface area contributed by atoms with E-state index in [2.05, 4.69) is 10.4 Å². The van der Waals surface area contributed by atoms with Crippen molar-refractivity contribution in [1.82, 2.24) is 15.1 Å². The monoisotopic (exact) mass is 435 g/mol. The smallest absolute Gasteiger partial charge is 0.335 e. The van der Waals surface area contributed by atoms with E-state index in [9.17, 15) is 27.2 Å². The summed E-state index contributed by atoms with van der Waals surface area (Å²) in [7, 11) is 1.27. The van der Waals surface area contributed by atoms with Gasteiger partial charge in [-0.3, -0.25) is 9.48 Å². The van der Waals surface area contributed by atoms with Crippen molar-refractivity contribution in [2.75, 3.05) is 0 Å². The zero-order valence-electron chi connectivity index (χ0n) is 16.4. The lowest BCUT2D eigenvalue weighted by Crippen LogP contribution is -2.28. The molecule has 2 aromatic carbocycles. The normalized spacial score (nSPS) is 12.1. The molecule has 0 saturated heterocycles. The van der Waals surface area contributed by atoms with Crippen molar-refractivity contribution >= 4 is 11.9 Å². The van der Waals surface area contributed by atoms with E-state index in [1.807, 2.05) is 0 Å². The summed E-state index contributed by atoms with van der Waals surface area (Å²) >= 11 is 0. The van der Waals surface area contributed by atoms with Gasteiger partial charge in [0.05, 0.1) is 22.9 Å². The second-order valence-corrected chi connectivity index (χ2v) is 6.78. The highest BCUT2D eigenvalue weighted by molar-refractivity contribution is 6.01. The van der Waals surface area contributed by atoms with Gasteiger partial charge in [0.1, 0.15) is 17.3 Å². The molecular formula is C21H17F4N3O3. The van der Waals surface area contributed by atoms with E-state index in [0.29, 0.717) is 11.6 Å². The molecule has 0 saturated carbocycles. The predicted octanol–water partition coefficient (Wildman–Crippen LogP) is 4.49. The van der Waals surface area contributed by atoms with E-state index in [-0.39, 0.29) is 16.8 Å². The number of rotatable bonds is 6. The van der Waals surface area contributed by atoms with Gasteiger partial charge in [-0.1, -0.05) is 12.1 Å². The maximum absolute atomic E-state index is 14.4. The number of alkyl halides is 2. The number of benzene rings is 2. The molecule has 1 heterocycles. The fourth-order valence-corrected chi connectivity index (χ4v) is 3.18. The van der Waals surface area contributed by atoms with Crippen molar-refractivity contribution in [1.29, 1.82) is 0 Å². The van der Waals surface area contributed by atoms with Crippen LogP contribution in [0.4, 0.5) is 17.6 Å². The molecule has 0 unspecified atom stereocenters. The van der Waals surface area contributed by atoms with Crippen molar-refractivity contribution in [3.63, 3.8) is 0 Å². The Labute approximate surface area is 174 Å². The molecule has 2 N–H and O–H groups in total. The van der Waals surface area contributed by atoms with Crippen molar-refractivity contribution in [3.05, 3.63) is 76.5 Å². The van der Waals surface area contributed by atoms with Gasteiger partial charge >= 0.3 is 5.97 Å². The second-order valence-electron chi connectivity index (χ2n) is 6.78. The Morgan fingerprint density at radius 3 is 2.29 bits per heavy atom. The van der Waals surface area contributed by atoms with Crippen LogP contribution in [0.1, 0.15) is 51.4 Å². The van der Waals surface area contributed by atoms with Gasteiger partial charge in [0.2, 0.25) is 0 Å². The summed E-state index contributed by atoms with van der Waals surface area (Å²) in [5, 5.41) is 15.2. The van der Waals surface area contributed by atoms with Crippen molar-refractivity contribution in [2.24, 2.45) is 7.05 Å². The van der Waals surface area contributed by atoms with E-state index >= 15 is 0 Å². The number of nitrogens with zero attached hydrogens (tertiary/aromatic N) is 2. The zero-order chi connectivity index (χ0) is 22.9. The minimum atomic E-state index is -3.12. The Morgan fingerprint density at radius 1 is 1.10 bits per heavy atom. The van der Waals surface area contributed by atoms with E-state index in [1.54, 1.807) is 6.92 Å². The number of aromatic carboxylic acids is 1. The fourth-order valence-electron chi connectivity index (χ4n) is 3.18. The molecule has 10 heteroatoms. The summed E-state index contributed by atoms with van der Waals surface area (Å²) in [6, 6.07) is 7.52. The van der Waals surface area contributed by atoms with Crippen LogP contribution in [0.3, 0.4) is 0 Å². The largest absolute Gasteiger partial charge is 0.478 e. The SMILES string of the molecule is C[C@H](NC(=O)c1c(C(F)F)nn(C)c1-c1ccc(F)cc1F)c1ccc(C(=O)O)cc1. The minimum Gasteiger partial charge on any atom is -0.478 e. The summed E-state index contributed by atoms with van der Waals surface area (Å²) in [6.07, 6.45) is -3.12. The third kappa shape index (κ3) is 4.42. The number of carbonyl (C=O) groups excluding carboxylic acids is 1. The number of carboxylic acid groups (broad SMARTS) is 1. The number of hydrogen-bond donors (Lipinski definition) is 2. The topological polar surface area (TPSA) is 84.2 Å². The average molecular weight is 435 g/mol. The van der Waals surface area contributed by atoms with Crippen LogP contribution in [-0.2, 0) is 7.05 Å². The molecule has 3 aromatic rings. The minimum absolute atomic E-state index is 0.0450. The highest BCUT2D eigenvalue weighted by atomic mass is 19.3. The predicted molar refractivity (Wildman–Crippen MR) is 103 cm³/mol. The summed E-state index contributed by atoms with van der Waals surface area (Å²) in [5.41, 5.74) is -1.28. The van der Waals surface area contributed by atoms with Crippen LogP contribution < -0.4 is 5.32 Å². The third-order valence-corrected chi connectivity index (χ3v) is 4.70. The van der Waals surface area contributed by atoms with E-state index < -0.39 is 47.2 Å². The number of aromatic nitrogens is 2. The summed E-state index contributed by atoms with van der Waals surface area (Å²) < 4.78 is 55.7. The second kappa shape index (κ2) is 8.58. The molecular weight excluding hydrogens is 418 g/mol. The standard InChI is InChI=1S/C21H17F4N3O3/c1-10(11-3-5-12(6-4-11)21(30)31)26-20(29)16-17(19(24)25)27-28(2)18(16)14-8-7-13(22)9-15(14)23/h3-10,19H,1-2H3,(H,26,29)(H,30,31)/t10-/m0/s1. The van der Waals surface area contributed by atoms with Crippen LogP contribution in [0.2, 0.25) is 0 Å². The number of hydrogen-bond acceptors (Lipinski definition) is 3. The first-order valence-electron chi connectivity index (χ1n) is 9.04. The van der Waals surface area contributed by atoms with Crippen molar-refractivity contribution in [2.45, 2.75) is 19.4 Å². The summed E-state index contributed by atoms with van der Waals surface area (Å²) in [5.74, 6) is -3.94. The maximum Gasteiger partial charge on any atom is 0.335 e. The lowest BCUT2D eigenvalue weighted by molar-refractivity contribution is 0.0696. The maximum atomic E-state index is 14.4. The van der Waals surface area contributed by atoms with Crippen LogP contribution in [0.5, 0.6) is 0 Å². The summed E-state index contributed by atoms with van der Waals surface area (Å²) in [6.45, 7) is 1.57. The lowest BCUT2D eigenvalue weighted by atomic mass is 10.0. The fraction of sp³-hybridized carbons (Fsp3) is 0.190.